The zero-order valence-corrected chi connectivity index (χ0v) is 12.7. The number of nitrogens with zero attached hydrogens (tertiary/aromatic N) is 1. The van der Waals surface area contributed by atoms with Crippen LogP contribution in [-0.4, -0.2) is 19.6 Å². The first kappa shape index (κ1) is 15.3. The van der Waals surface area contributed by atoms with Gasteiger partial charge in [-0.2, -0.15) is 0 Å². The molecule has 2 aromatic rings. The van der Waals surface area contributed by atoms with Crippen molar-refractivity contribution in [1.82, 2.24) is 0 Å². The molecule has 0 spiro atoms. The summed E-state index contributed by atoms with van der Waals surface area (Å²) in [7, 11) is 1.82. The Kier molecular flexibility index (Phi) is 4.75. The van der Waals surface area contributed by atoms with E-state index in [1.165, 1.54) is 0 Å². The lowest BCUT2D eigenvalue weighted by atomic mass is 10.1. The molecule has 1 aromatic carbocycles. The molecule has 0 radical (unpaired) electrons. The number of nitrogens with two attached hydrogens (primary N) is 1. The molecular formula is C15H17ClN2O3. The monoisotopic (exact) mass is 308 g/mol. The smallest absolute Gasteiger partial charge is 0.340 e. The fourth-order valence-corrected chi connectivity index (χ4v) is 2.46. The van der Waals surface area contributed by atoms with Crippen molar-refractivity contribution >= 4 is 28.9 Å². The number of hydrogen-bond acceptors (Lipinski definition) is 5. The first-order chi connectivity index (χ1) is 10.0. The summed E-state index contributed by atoms with van der Waals surface area (Å²) in [6, 6.07) is 6.84. The van der Waals surface area contributed by atoms with E-state index in [0.717, 1.165) is 5.76 Å². The fourth-order valence-electron chi connectivity index (χ4n) is 2.09. The normalized spacial score (nSPS) is 10.4. The Labute approximate surface area is 128 Å². The average Bonchev–Trinajstić information content (AvgIpc) is 2.90. The van der Waals surface area contributed by atoms with Gasteiger partial charge in [0.15, 0.2) is 0 Å². The van der Waals surface area contributed by atoms with Crippen molar-refractivity contribution in [3.8, 4) is 0 Å². The van der Waals surface area contributed by atoms with E-state index in [1.807, 2.05) is 18.0 Å². The van der Waals surface area contributed by atoms with Gasteiger partial charge in [0.25, 0.3) is 0 Å². The third-order valence-corrected chi connectivity index (χ3v) is 3.22. The first-order valence-corrected chi connectivity index (χ1v) is 6.90. The SMILES string of the molecule is CCOC(=O)c1cc(N)cc(Cl)c1N(C)Cc1ccco1. The molecule has 0 aliphatic heterocycles. The van der Waals surface area contributed by atoms with Gasteiger partial charge in [0.2, 0.25) is 0 Å². The van der Waals surface area contributed by atoms with E-state index in [2.05, 4.69) is 0 Å². The summed E-state index contributed by atoms with van der Waals surface area (Å²) >= 11 is 6.25. The van der Waals surface area contributed by atoms with Crippen LogP contribution in [0.2, 0.25) is 5.02 Å². The quantitative estimate of drug-likeness (QED) is 0.678. The minimum absolute atomic E-state index is 0.284. The van der Waals surface area contributed by atoms with E-state index in [4.69, 9.17) is 26.5 Å². The number of furan rings is 1. The van der Waals surface area contributed by atoms with Gasteiger partial charge in [-0.1, -0.05) is 11.6 Å². The maximum Gasteiger partial charge on any atom is 0.340 e. The van der Waals surface area contributed by atoms with Gasteiger partial charge in [-0.05, 0) is 31.2 Å². The molecule has 0 saturated carbocycles. The van der Waals surface area contributed by atoms with Crippen LogP contribution in [0.25, 0.3) is 0 Å². The van der Waals surface area contributed by atoms with Gasteiger partial charge < -0.3 is 19.8 Å². The second kappa shape index (κ2) is 6.54. The Morgan fingerprint density at radius 3 is 2.86 bits per heavy atom. The molecule has 0 aliphatic carbocycles. The Hall–Kier alpha value is -2.14. The molecule has 0 aliphatic rings. The Bertz CT molecular complexity index is 626. The van der Waals surface area contributed by atoms with Crippen LogP contribution >= 0.6 is 11.6 Å². The molecular weight excluding hydrogens is 292 g/mol. The number of nitrogen functional groups attached to an aromatic ring is 1. The summed E-state index contributed by atoms with van der Waals surface area (Å²) in [5, 5.41) is 0.395. The van der Waals surface area contributed by atoms with Gasteiger partial charge in [0.05, 0.1) is 35.7 Å². The molecule has 0 fully saturated rings. The number of esters is 1. The average molecular weight is 309 g/mol. The molecule has 2 rings (SSSR count). The van der Waals surface area contributed by atoms with Crippen LogP contribution in [0.4, 0.5) is 11.4 Å². The van der Waals surface area contributed by atoms with Gasteiger partial charge in [0, 0.05) is 12.7 Å². The van der Waals surface area contributed by atoms with E-state index < -0.39 is 5.97 Å². The highest BCUT2D eigenvalue weighted by Gasteiger charge is 2.20. The summed E-state index contributed by atoms with van der Waals surface area (Å²) in [5.41, 5.74) is 7.10. The predicted molar refractivity (Wildman–Crippen MR) is 82.6 cm³/mol. The maximum atomic E-state index is 12.1. The van der Waals surface area contributed by atoms with Crippen LogP contribution in [0.15, 0.2) is 34.9 Å². The second-order valence-electron chi connectivity index (χ2n) is 4.55. The van der Waals surface area contributed by atoms with E-state index in [1.54, 1.807) is 31.4 Å². The lowest BCUT2D eigenvalue weighted by molar-refractivity contribution is 0.0527. The molecule has 1 aromatic heterocycles. The highest BCUT2D eigenvalue weighted by Crippen LogP contribution is 2.33. The number of ether oxygens (including phenoxy) is 1. The zero-order valence-electron chi connectivity index (χ0n) is 11.9. The van der Waals surface area contributed by atoms with Crippen molar-refractivity contribution in [2.24, 2.45) is 0 Å². The van der Waals surface area contributed by atoms with Crippen LogP contribution in [-0.2, 0) is 11.3 Å². The van der Waals surface area contributed by atoms with Crippen LogP contribution in [0, 0.1) is 0 Å². The summed E-state index contributed by atoms with van der Waals surface area (Å²) < 4.78 is 10.4. The summed E-state index contributed by atoms with van der Waals surface area (Å²) in [5.74, 6) is 0.313. The van der Waals surface area contributed by atoms with Crippen molar-refractivity contribution in [3.63, 3.8) is 0 Å². The summed E-state index contributed by atoms with van der Waals surface area (Å²) in [6.45, 7) is 2.51. The molecule has 0 atom stereocenters. The van der Waals surface area contributed by atoms with Gasteiger partial charge in [0.1, 0.15) is 5.76 Å². The maximum absolute atomic E-state index is 12.1. The molecule has 0 amide bonds. The topological polar surface area (TPSA) is 68.7 Å². The number of anilines is 2. The number of hydrogen-bond donors (Lipinski definition) is 1. The van der Waals surface area contributed by atoms with E-state index in [-0.39, 0.29) is 6.61 Å². The molecule has 1 heterocycles. The molecule has 5 nitrogen and oxygen atoms in total. The third kappa shape index (κ3) is 3.49. The van der Waals surface area contributed by atoms with Gasteiger partial charge >= 0.3 is 5.97 Å². The van der Waals surface area contributed by atoms with Crippen molar-refractivity contribution in [1.29, 1.82) is 0 Å². The van der Waals surface area contributed by atoms with Crippen molar-refractivity contribution < 1.29 is 13.9 Å². The molecule has 0 bridgehead atoms. The second-order valence-corrected chi connectivity index (χ2v) is 4.96. The highest BCUT2D eigenvalue weighted by molar-refractivity contribution is 6.34. The van der Waals surface area contributed by atoms with Crippen molar-refractivity contribution in [2.75, 3.05) is 24.3 Å². The fraction of sp³-hybridized carbons (Fsp3) is 0.267. The number of carbonyl (C=O) groups excluding carboxylic acids is 1. The number of rotatable bonds is 5. The number of halogens is 1. The lowest BCUT2D eigenvalue weighted by Crippen LogP contribution is -2.20. The van der Waals surface area contributed by atoms with Gasteiger partial charge in [-0.25, -0.2) is 4.79 Å². The van der Waals surface area contributed by atoms with Crippen LogP contribution in [0.1, 0.15) is 23.0 Å². The van der Waals surface area contributed by atoms with Crippen LogP contribution in [0.5, 0.6) is 0 Å². The van der Waals surface area contributed by atoms with Crippen molar-refractivity contribution in [2.45, 2.75) is 13.5 Å². The third-order valence-electron chi connectivity index (χ3n) is 2.94. The van der Waals surface area contributed by atoms with Gasteiger partial charge in [-0.3, -0.25) is 0 Å². The highest BCUT2D eigenvalue weighted by atomic mass is 35.5. The number of benzene rings is 1. The van der Waals surface area contributed by atoms with E-state index in [9.17, 15) is 4.79 Å². The molecule has 2 N–H and O–H groups in total. The molecule has 112 valence electrons. The standard InChI is InChI=1S/C15H17ClN2O3/c1-3-20-15(19)12-7-10(17)8-13(16)14(12)18(2)9-11-5-4-6-21-11/h4-8H,3,9,17H2,1-2H3. The minimum Gasteiger partial charge on any atom is -0.467 e. The molecule has 0 saturated heterocycles. The molecule has 0 unspecified atom stereocenters. The van der Waals surface area contributed by atoms with Crippen LogP contribution in [0.3, 0.4) is 0 Å². The predicted octanol–water partition coefficient (Wildman–Crippen LogP) is 3.33. The number of carbonyl (C=O) groups is 1. The van der Waals surface area contributed by atoms with Gasteiger partial charge in [-0.15, -0.1) is 0 Å². The van der Waals surface area contributed by atoms with Crippen LogP contribution < -0.4 is 10.6 Å². The van der Waals surface area contributed by atoms with E-state index >= 15 is 0 Å². The Balaban J connectivity index is 2.38. The molecule has 21 heavy (non-hydrogen) atoms. The molecule has 6 heteroatoms. The Morgan fingerprint density at radius 1 is 1.48 bits per heavy atom. The van der Waals surface area contributed by atoms with E-state index in [0.29, 0.717) is 28.5 Å². The summed E-state index contributed by atoms with van der Waals surface area (Å²) in [6.07, 6.45) is 1.60. The lowest BCUT2D eigenvalue weighted by Gasteiger charge is -2.22. The minimum atomic E-state index is -0.451. The van der Waals surface area contributed by atoms with Crippen molar-refractivity contribution in [3.05, 3.63) is 46.9 Å². The first-order valence-electron chi connectivity index (χ1n) is 6.52. The Morgan fingerprint density at radius 2 is 2.24 bits per heavy atom. The largest absolute Gasteiger partial charge is 0.467 e. The summed E-state index contributed by atoms with van der Waals surface area (Å²) in [4.78, 5) is 13.9. The zero-order chi connectivity index (χ0) is 15.4.